The summed E-state index contributed by atoms with van der Waals surface area (Å²) >= 11 is 0. The zero-order valence-electron chi connectivity index (χ0n) is 37.6. The van der Waals surface area contributed by atoms with E-state index in [1.165, 1.54) is 154 Å². The maximum absolute atomic E-state index is 12.7. The van der Waals surface area contributed by atoms with Crippen LogP contribution in [0.5, 0.6) is 0 Å². The Bertz CT molecular complexity index is 841. The first-order chi connectivity index (χ1) is 26.8. The first-order valence-corrected chi connectivity index (χ1v) is 24.3. The lowest BCUT2D eigenvalue weighted by Crippen LogP contribution is -2.30. The highest BCUT2D eigenvalue weighted by Crippen LogP contribution is 2.17. The largest absolute Gasteiger partial charge is 0.462 e. The third-order valence-corrected chi connectivity index (χ3v) is 11.3. The Balaban J connectivity index is 4.26. The number of carbonyl (C=O) groups excluding carboxylic acids is 3. The van der Waals surface area contributed by atoms with Gasteiger partial charge in [-0.15, -0.1) is 0 Å². The molecule has 2 atom stereocenters. The Morgan fingerprint density at radius 2 is 0.691 bits per heavy atom. The Morgan fingerprint density at radius 3 is 1.04 bits per heavy atom. The molecule has 0 saturated carbocycles. The average molecular weight is 779 g/mol. The van der Waals surface area contributed by atoms with Crippen molar-refractivity contribution in [3.05, 3.63) is 0 Å². The van der Waals surface area contributed by atoms with E-state index in [9.17, 15) is 14.4 Å². The molecule has 6 nitrogen and oxygen atoms in total. The topological polar surface area (TPSA) is 78.9 Å². The predicted octanol–water partition coefficient (Wildman–Crippen LogP) is 15.4. The van der Waals surface area contributed by atoms with Gasteiger partial charge in [-0.25, -0.2) is 0 Å². The van der Waals surface area contributed by atoms with Gasteiger partial charge in [0.2, 0.25) is 0 Å². The first kappa shape index (κ1) is 53.4. The summed E-state index contributed by atoms with van der Waals surface area (Å²) in [5.41, 5.74) is 0. The Morgan fingerprint density at radius 1 is 0.382 bits per heavy atom. The minimum atomic E-state index is -0.762. The third-order valence-electron chi connectivity index (χ3n) is 11.3. The molecule has 55 heavy (non-hydrogen) atoms. The van der Waals surface area contributed by atoms with Crippen molar-refractivity contribution in [2.75, 3.05) is 13.2 Å². The van der Waals surface area contributed by atoms with E-state index in [1.807, 2.05) is 0 Å². The van der Waals surface area contributed by atoms with E-state index in [0.29, 0.717) is 19.3 Å². The van der Waals surface area contributed by atoms with Gasteiger partial charge in [0.05, 0.1) is 0 Å². The molecule has 0 saturated heterocycles. The lowest BCUT2D eigenvalue weighted by atomic mass is 10.00. The number of ether oxygens (including phenoxy) is 3. The molecular formula is C49H94O6. The van der Waals surface area contributed by atoms with E-state index in [-0.39, 0.29) is 31.1 Å². The molecule has 6 heteroatoms. The van der Waals surface area contributed by atoms with Gasteiger partial charge in [-0.05, 0) is 31.1 Å². The van der Waals surface area contributed by atoms with Crippen molar-refractivity contribution in [2.45, 2.75) is 272 Å². The fourth-order valence-electron chi connectivity index (χ4n) is 7.25. The molecule has 0 fully saturated rings. The maximum atomic E-state index is 12.7. The highest BCUT2D eigenvalue weighted by Gasteiger charge is 2.19. The van der Waals surface area contributed by atoms with Crippen molar-refractivity contribution in [1.82, 2.24) is 0 Å². The summed E-state index contributed by atoms with van der Waals surface area (Å²) in [7, 11) is 0. The van der Waals surface area contributed by atoms with Crippen molar-refractivity contribution in [2.24, 2.45) is 11.8 Å². The van der Waals surface area contributed by atoms with Gasteiger partial charge >= 0.3 is 17.9 Å². The van der Waals surface area contributed by atoms with Gasteiger partial charge in [0.1, 0.15) is 13.2 Å². The predicted molar refractivity (Wildman–Crippen MR) is 233 cm³/mol. The van der Waals surface area contributed by atoms with Crippen LogP contribution >= 0.6 is 0 Å². The zero-order chi connectivity index (χ0) is 40.5. The molecule has 0 bridgehead atoms. The fourth-order valence-corrected chi connectivity index (χ4v) is 7.25. The first-order valence-electron chi connectivity index (χ1n) is 24.3. The highest BCUT2D eigenvalue weighted by molar-refractivity contribution is 5.71. The number of rotatable bonds is 43. The summed E-state index contributed by atoms with van der Waals surface area (Å²) in [6.07, 6.45) is 41.0. The van der Waals surface area contributed by atoms with Gasteiger partial charge in [-0.1, -0.05) is 227 Å². The number of hydrogen-bond donors (Lipinski definition) is 0. The summed E-state index contributed by atoms with van der Waals surface area (Å²) in [5.74, 6) is 0.732. The molecule has 326 valence electrons. The van der Waals surface area contributed by atoms with Crippen molar-refractivity contribution < 1.29 is 28.6 Å². The SMILES string of the molecule is CCCCCCCCCCCCCCCCCCCC(=O)OC[C@@H](COC(=O)CCCCCCCCC(C)CC)OC(=O)CCCCCCCCCC(C)C. The van der Waals surface area contributed by atoms with Crippen LogP contribution in [0.1, 0.15) is 266 Å². The summed E-state index contributed by atoms with van der Waals surface area (Å²) in [5, 5.41) is 0. The Labute approximate surface area is 342 Å². The van der Waals surface area contributed by atoms with Crippen molar-refractivity contribution in [3.63, 3.8) is 0 Å². The van der Waals surface area contributed by atoms with Gasteiger partial charge in [0, 0.05) is 19.3 Å². The van der Waals surface area contributed by atoms with E-state index in [2.05, 4.69) is 34.6 Å². The summed E-state index contributed by atoms with van der Waals surface area (Å²) in [4.78, 5) is 37.7. The number of esters is 3. The molecule has 0 aromatic carbocycles. The fraction of sp³-hybridized carbons (Fsp3) is 0.939. The molecule has 0 radical (unpaired) electrons. The molecule has 0 aliphatic rings. The normalized spacial score (nSPS) is 12.5. The number of hydrogen-bond acceptors (Lipinski definition) is 6. The van der Waals surface area contributed by atoms with Crippen LogP contribution in [0.15, 0.2) is 0 Å². The summed E-state index contributed by atoms with van der Waals surface area (Å²) in [6.45, 7) is 11.3. The molecule has 0 heterocycles. The Hall–Kier alpha value is -1.59. The molecule has 0 amide bonds. The lowest BCUT2D eigenvalue weighted by molar-refractivity contribution is -0.167. The van der Waals surface area contributed by atoms with Crippen LogP contribution in [0.3, 0.4) is 0 Å². The molecule has 0 N–H and O–H groups in total. The monoisotopic (exact) mass is 779 g/mol. The molecule has 0 rings (SSSR count). The van der Waals surface area contributed by atoms with Gasteiger partial charge in [0.15, 0.2) is 6.10 Å². The highest BCUT2D eigenvalue weighted by atomic mass is 16.6. The van der Waals surface area contributed by atoms with Crippen LogP contribution < -0.4 is 0 Å². The summed E-state index contributed by atoms with van der Waals surface area (Å²) in [6, 6.07) is 0. The second-order valence-corrected chi connectivity index (χ2v) is 17.5. The second-order valence-electron chi connectivity index (χ2n) is 17.5. The average Bonchev–Trinajstić information content (AvgIpc) is 3.17. The quantitative estimate of drug-likeness (QED) is 0.0348. The standard InChI is InChI=1S/C49H94O6/c1-6-8-9-10-11-12-13-14-15-16-17-18-19-20-23-29-34-39-47(50)53-42-46(55-49(52)41-36-31-24-21-22-27-32-37-44(3)4)43-54-48(51)40-35-30-26-25-28-33-38-45(5)7-2/h44-46H,6-43H2,1-5H3/t45?,46-/m0/s1. The third kappa shape index (κ3) is 41.9. The molecule has 0 aliphatic heterocycles. The van der Waals surface area contributed by atoms with Gasteiger partial charge in [0.25, 0.3) is 0 Å². The number of carbonyl (C=O) groups is 3. The zero-order valence-corrected chi connectivity index (χ0v) is 37.6. The molecular weight excluding hydrogens is 685 g/mol. The summed E-state index contributed by atoms with van der Waals surface area (Å²) < 4.78 is 16.7. The van der Waals surface area contributed by atoms with Crippen LogP contribution in [-0.2, 0) is 28.6 Å². The minimum absolute atomic E-state index is 0.0656. The van der Waals surface area contributed by atoms with E-state index >= 15 is 0 Å². The van der Waals surface area contributed by atoms with Gasteiger partial charge in [-0.3, -0.25) is 14.4 Å². The molecule has 0 aliphatic carbocycles. The van der Waals surface area contributed by atoms with Crippen LogP contribution in [0, 0.1) is 11.8 Å². The van der Waals surface area contributed by atoms with Gasteiger partial charge in [-0.2, -0.15) is 0 Å². The second kappa shape index (κ2) is 42.0. The van der Waals surface area contributed by atoms with Gasteiger partial charge < -0.3 is 14.2 Å². The van der Waals surface area contributed by atoms with Crippen LogP contribution in [-0.4, -0.2) is 37.2 Å². The lowest BCUT2D eigenvalue weighted by Gasteiger charge is -2.18. The molecule has 1 unspecified atom stereocenters. The van der Waals surface area contributed by atoms with Crippen molar-refractivity contribution in [1.29, 1.82) is 0 Å². The van der Waals surface area contributed by atoms with Crippen molar-refractivity contribution >= 4 is 17.9 Å². The molecule has 0 aromatic heterocycles. The molecule has 0 aromatic rings. The van der Waals surface area contributed by atoms with Crippen LogP contribution in [0.25, 0.3) is 0 Å². The smallest absolute Gasteiger partial charge is 0.306 e. The van der Waals surface area contributed by atoms with Crippen LogP contribution in [0.2, 0.25) is 0 Å². The Kier molecular flexibility index (Phi) is 40.8. The van der Waals surface area contributed by atoms with E-state index in [1.54, 1.807) is 0 Å². The van der Waals surface area contributed by atoms with Crippen LogP contribution in [0.4, 0.5) is 0 Å². The van der Waals surface area contributed by atoms with E-state index in [4.69, 9.17) is 14.2 Å². The maximum Gasteiger partial charge on any atom is 0.306 e. The minimum Gasteiger partial charge on any atom is -0.462 e. The molecule has 0 spiro atoms. The van der Waals surface area contributed by atoms with E-state index in [0.717, 1.165) is 69.6 Å². The number of unbranched alkanes of at least 4 members (excludes halogenated alkanes) is 27. The van der Waals surface area contributed by atoms with Crippen molar-refractivity contribution in [3.8, 4) is 0 Å². The van der Waals surface area contributed by atoms with E-state index < -0.39 is 6.10 Å².